The summed E-state index contributed by atoms with van der Waals surface area (Å²) in [6.45, 7) is 0.571. The molecule has 0 unspecified atom stereocenters. The van der Waals surface area contributed by atoms with Gasteiger partial charge in [-0.05, 0) is 47.7 Å². The van der Waals surface area contributed by atoms with Gasteiger partial charge in [-0.3, -0.25) is 10.2 Å². The van der Waals surface area contributed by atoms with E-state index in [0.717, 1.165) is 47.2 Å². The summed E-state index contributed by atoms with van der Waals surface area (Å²) in [5.74, 6) is 1.16. The maximum Gasteiger partial charge on any atom is 0.251 e. The fourth-order valence-electron chi connectivity index (χ4n) is 5.05. The van der Waals surface area contributed by atoms with Crippen LogP contribution in [-0.4, -0.2) is 27.8 Å². The first-order chi connectivity index (χ1) is 19.0. The lowest BCUT2D eigenvalue weighted by Crippen LogP contribution is -2.25. The third-order valence-corrected chi connectivity index (χ3v) is 7.26. The van der Waals surface area contributed by atoms with Gasteiger partial charge in [-0.25, -0.2) is 4.98 Å². The molecule has 4 aromatic carbocycles. The Morgan fingerprint density at radius 2 is 1.48 bits per heavy atom. The van der Waals surface area contributed by atoms with E-state index in [1.807, 2.05) is 61.6 Å². The van der Waals surface area contributed by atoms with Crippen LogP contribution in [-0.2, 0) is 19.9 Å². The third kappa shape index (κ3) is 6.58. The summed E-state index contributed by atoms with van der Waals surface area (Å²) in [5.41, 5.74) is 12.4. The molecule has 0 aliphatic heterocycles. The highest BCUT2D eigenvalue weighted by molar-refractivity contribution is 5.97. The molecule has 1 amide bonds. The highest BCUT2D eigenvalue weighted by Gasteiger charge is 2.16. The van der Waals surface area contributed by atoms with Gasteiger partial charge in [-0.2, -0.15) is 0 Å². The zero-order valence-corrected chi connectivity index (χ0v) is 23.3. The summed E-state index contributed by atoms with van der Waals surface area (Å²) in [4.78, 5) is 17.9. The normalized spacial score (nSPS) is 10.8. The van der Waals surface area contributed by atoms with Crippen molar-refractivity contribution in [3.8, 4) is 0 Å². The first kappa shape index (κ1) is 28.6. The van der Waals surface area contributed by atoms with Crippen LogP contribution in [0.2, 0.25) is 0 Å². The molecule has 4 N–H and O–H groups in total. The number of hydrogen-bond acceptors (Lipinski definition) is 3. The number of benzene rings is 4. The van der Waals surface area contributed by atoms with E-state index >= 15 is 0 Å². The average molecular weight is 552 g/mol. The molecule has 204 valence electrons. The van der Waals surface area contributed by atoms with Gasteiger partial charge in [-0.15, -0.1) is 12.4 Å². The number of hydrogen-bond donors (Lipinski definition) is 3. The molecular formula is C33H34ClN5O. The van der Waals surface area contributed by atoms with Crippen molar-refractivity contribution in [2.75, 3.05) is 6.54 Å². The van der Waals surface area contributed by atoms with E-state index in [4.69, 9.17) is 16.1 Å². The molecule has 0 fully saturated rings. The Balaban J connectivity index is 0.00000370. The summed E-state index contributed by atoms with van der Waals surface area (Å²) in [7, 11) is 2.01. The number of nitrogens with two attached hydrogens (primary N) is 1. The first-order valence-electron chi connectivity index (χ1n) is 13.3. The van der Waals surface area contributed by atoms with Crippen LogP contribution in [0.1, 0.15) is 50.8 Å². The van der Waals surface area contributed by atoms with Gasteiger partial charge in [0.05, 0.1) is 11.0 Å². The predicted molar refractivity (Wildman–Crippen MR) is 165 cm³/mol. The molecule has 0 radical (unpaired) electrons. The number of fused-ring (bicyclic) bond motifs is 1. The number of carbonyl (C=O) groups is 1. The zero-order chi connectivity index (χ0) is 27.2. The van der Waals surface area contributed by atoms with Gasteiger partial charge in [0.1, 0.15) is 11.7 Å². The van der Waals surface area contributed by atoms with E-state index < -0.39 is 0 Å². The second kappa shape index (κ2) is 13.1. The van der Waals surface area contributed by atoms with Gasteiger partial charge in [0.25, 0.3) is 5.91 Å². The van der Waals surface area contributed by atoms with Crippen molar-refractivity contribution in [3.05, 3.63) is 137 Å². The molecule has 5 rings (SSSR count). The molecule has 0 aliphatic rings. The van der Waals surface area contributed by atoms with Crippen molar-refractivity contribution in [1.29, 1.82) is 5.41 Å². The van der Waals surface area contributed by atoms with Crippen LogP contribution in [0.4, 0.5) is 0 Å². The van der Waals surface area contributed by atoms with Gasteiger partial charge >= 0.3 is 0 Å². The van der Waals surface area contributed by atoms with Gasteiger partial charge in [0, 0.05) is 37.1 Å². The Hall–Kier alpha value is -4.42. The number of amidine groups is 1. The Kier molecular flexibility index (Phi) is 9.35. The van der Waals surface area contributed by atoms with Crippen molar-refractivity contribution in [1.82, 2.24) is 14.9 Å². The van der Waals surface area contributed by atoms with Crippen molar-refractivity contribution in [2.24, 2.45) is 12.8 Å². The molecule has 0 saturated carbocycles. The molecule has 0 saturated heterocycles. The Labute approximate surface area is 241 Å². The Bertz CT molecular complexity index is 1540. The van der Waals surface area contributed by atoms with Crippen LogP contribution < -0.4 is 11.1 Å². The van der Waals surface area contributed by atoms with E-state index in [1.54, 1.807) is 0 Å². The molecule has 1 heterocycles. The number of nitrogen functional groups attached to an aromatic ring is 1. The molecule has 0 bridgehead atoms. The molecule has 0 spiro atoms. The first-order valence-corrected chi connectivity index (χ1v) is 13.3. The lowest BCUT2D eigenvalue weighted by atomic mass is 9.88. The summed E-state index contributed by atoms with van der Waals surface area (Å²) in [6.07, 6.45) is 2.41. The largest absolute Gasteiger partial charge is 0.384 e. The van der Waals surface area contributed by atoms with Crippen LogP contribution in [0, 0.1) is 5.41 Å². The van der Waals surface area contributed by atoms with Crippen molar-refractivity contribution in [3.63, 3.8) is 0 Å². The molecule has 0 atom stereocenters. The molecule has 5 aromatic rings. The highest BCUT2D eigenvalue weighted by atomic mass is 35.5. The van der Waals surface area contributed by atoms with Gasteiger partial charge in [0.2, 0.25) is 0 Å². The van der Waals surface area contributed by atoms with E-state index in [9.17, 15) is 4.79 Å². The highest BCUT2D eigenvalue weighted by Crippen LogP contribution is 2.27. The second-order valence-electron chi connectivity index (χ2n) is 9.82. The fraction of sp³-hybridized carbons (Fsp3) is 0.182. The maximum absolute atomic E-state index is 13.1. The van der Waals surface area contributed by atoms with Gasteiger partial charge < -0.3 is 15.6 Å². The zero-order valence-electron chi connectivity index (χ0n) is 22.5. The number of aryl methyl sites for hydroxylation is 3. The molecule has 1 aromatic heterocycles. The van der Waals surface area contributed by atoms with Crippen LogP contribution in [0.25, 0.3) is 11.0 Å². The van der Waals surface area contributed by atoms with E-state index in [2.05, 4.69) is 58.4 Å². The molecule has 40 heavy (non-hydrogen) atoms. The quantitative estimate of drug-likeness (QED) is 0.146. The van der Waals surface area contributed by atoms with Crippen molar-refractivity contribution >= 4 is 35.2 Å². The minimum absolute atomic E-state index is 0. The van der Waals surface area contributed by atoms with E-state index in [-0.39, 0.29) is 30.1 Å². The molecular weight excluding hydrogens is 518 g/mol. The van der Waals surface area contributed by atoms with Crippen LogP contribution in [0.15, 0.2) is 103 Å². The van der Waals surface area contributed by atoms with Gasteiger partial charge in [0.15, 0.2) is 0 Å². The lowest BCUT2D eigenvalue weighted by Gasteiger charge is -2.18. The monoisotopic (exact) mass is 551 g/mol. The minimum Gasteiger partial charge on any atom is -0.384 e. The van der Waals surface area contributed by atoms with E-state index in [1.165, 1.54) is 11.1 Å². The Morgan fingerprint density at radius 3 is 2.08 bits per heavy atom. The average Bonchev–Trinajstić information content (AvgIpc) is 3.29. The third-order valence-electron chi connectivity index (χ3n) is 7.26. The number of amides is 1. The number of aromatic nitrogens is 2. The Morgan fingerprint density at radius 1 is 0.875 bits per heavy atom. The number of rotatable bonds is 10. The second-order valence-corrected chi connectivity index (χ2v) is 9.82. The SMILES string of the molecule is Cl.Cn1c(CCc2ccc(C(=N)N)cc2)nc2cc(C(=O)NCCC(c3ccccc3)c3ccccc3)ccc21. The van der Waals surface area contributed by atoms with Crippen LogP contribution >= 0.6 is 12.4 Å². The maximum atomic E-state index is 13.1. The predicted octanol–water partition coefficient (Wildman–Crippen LogP) is 6.02. The molecule has 7 heteroatoms. The topological polar surface area (TPSA) is 96.8 Å². The summed E-state index contributed by atoms with van der Waals surface area (Å²) in [5, 5.41) is 10.7. The van der Waals surface area contributed by atoms with Crippen molar-refractivity contribution in [2.45, 2.75) is 25.2 Å². The number of nitrogens with zero attached hydrogens (tertiary/aromatic N) is 2. The minimum atomic E-state index is -0.0884. The van der Waals surface area contributed by atoms with Gasteiger partial charge in [-0.1, -0.05) is 84.9 Å². The summed E-state index contributed by atoms with van der Waals surface area (Å²) >= 11 is 0. The number of halogens is 1. The van der Waals surface area contributed by atoms with Crippen LogP contribution in [0.3, 0.4) is 0 Å². The van der Waals surface area contributed by atoms with Crippen molar-refractivity contribution < 1.29 is 4.79 Å². The smallest absolute Gasteiger partial charge is 0.251 e. The molecule has 0 aliphatic carbocycles. The standard InChI is InChI=1S/C33H33N5O.ClH/c1-38-30-18-17-27(22-29(30)37-31(38)19-14-23-12-15-26(16-13-23)32(34)35)33(39)36-21-20-28(24-8-4-2-5-9-24)25-10-6-3-7-11-25;/h2-13,15-18,22,28H,14,19-21H2,1H3,(H3,34,35)(H,36,39);1H. The lowest BCUT2D eigenvalue weighted by molar-refractivity contribution is 0.0953. The summed E-state index contributed by atoms with van der Waals surface area (Å²) < 4.78 is 2.09. The van der Waals surface area contributed by atoms with Crippen LogP contribution in [0.5, 0.6) is 0 Å². The fourth-order valence-corrected chi connectivity index (χ4v) is 5.05. The number of imidazole rings is 1. The summed E-state index contributed by atoms with van der Waals surface area (Å²) in [6, 6.07) is 34.3. The number of nitrogens with one attached hydrogen (secondary N) is 2. The molecule has 6 nitrogen and oxygen atoms in total. The van der Waals surface area contributed by atoms with E-state index in [0.29, 0.717) is 12.1 Å². The number of carbonyl (C=O) groups excluding carboxylic acids is 1.